The van der Waals surface area contributed by atoms with Gasteiger partial charge in [-0.3, -0.25) is 0 Å². The van der Waals surface area contributed by atoms with Crippen LogP contribution in [0, 0.1) is 13.8 Å². The summed E-state index contributed by atoms with van der Waals surface area (Å²) in [6.07, 6.45) is 0. The number of carbonyl (C=O) groups is 1. The molecule has 0 atom stereocenters. The van der Waals surface area contributed by atoms with E-state index in [4.69, 9.17) is 4.74 Å². The van der Waals surface area contributed by atoms with E-state index >= 15 is 0 Å². The number of fused-ring (bicyclic) bond motifs is 1. The molecule has 0 amide bonds. The average Bonchev–Trinajstić information content (AvgIpc) is 2.31. The highest BCUT2D eigenvalue weighted by Gasteiger charge is 2.25. The molecule has 0 N–H and O–H groups in total. The maximum atomic E-state index is 11.1. The molecule has 0 unspecified atom stereocenters. The standard InChI is InChI=1S/C8H8N2O2/c1-4-7-6(3-12-8(7)11)10-5(2)9-4/h3H2,1-2H3. The maximum absolute atomic E-state index is 11.1. The van der Waals surface area contributed by atoms with Crippen LogP contribution in [0.3, 0.4) is 0 Å². The van der Waals surface area contributed by atoms with Crippen LogP contribution in [-0.4, -0.2) is 15.9 Å². The van der Waals surface area contributed by atoms with Crippen molar-refractivity contribution in [2.75, 3.05) is 0 Å². The van der Waals surface area contributed by atoms with Gasteiger partial charge < -0.3 is 4.74 Å². The Kier molecular flexibility index (Phi) is 1.36. The molecule has 0 fully saturated rings. The molecule has 0 saturated heterocycles. The zero-order valence-electron chi connectivity index (χ0n) is 6.92. The number of nitrogens with zero attached hydrogens (tertiary/aromatic N) is 2. The summed E-state index contributed by atoms with van der Waals surface area (Å²) in [7, 11) is 0. The van der Waals surface area contributed by atoms with Crippen LogP contribution in [0.15, 0.2) is 0 Å². The Morgan fingerprint density at radius 2 is 2.08 bits per heavy atom. The molecule has 4 nitrogen and oxygen atoms in total. The van der Waals surface area contributed by atoms with Crippen LogP contribution in [0.1, 0.15) is 27.6 Å². The molecule has 0 radical (unpaired) electrons. The van der Waals surface area contributed by atoms with Gasteiger partial charge in [-0.05, 0) is 13.8 Å². The summed E-state index contributed by atoms with van der Waals surface area (Å²) < 4.78 is 4.82. The van der Waals surface area contributed by atoms with Crippen molar-refractivity contribution in [1.82, 2.24) is 9.97 Å². The average molecular weight is 164 g/mol. The number of aryl methyl sites for hydroxylation is 2. The molecule has 0 spiro atoms. The van der Waals surface area contributed by atoms with E-state index in [1.54, 1.807) is 13.8 Å². The van der Waals surface area contributed by atoms with Gasteiger partial charge in [-0.2, -0.15) is 0 Å². The normalized spacial score (nSPS) is 14.3. The van der Waals surface area contributed by atoms with Crippen LogP contribution in [0.25, 0.3) is 0 Å². The zero-order valence-corrected chi connectivity index (χ0v) is 6.92. The van der Waals surface area contributed by atoms with Crippen LogP contribution < -0.4 is 0 Å². The minimum atomic E-state index is -0.303. The van der Waals surface area contributed by atoms with Gasteiger partial charge in [0.25, 0.3) is 0 Å². The highest BCUT2D eigenvalue weighted by atomic mass is 16.5. The van der Waals surface area contributed by atoms with Gasteiger partial charge in [0.05, 0.1) is 11.4 Å². The van der Waals surface area contributed by atoms with Gasteiger partial charge in [0.2, 0.25) is 0 Å². The maximum Gasteiger partial charge on any atom is 0.342 e. The summed E-state index contributed by atoms with van der Waals surface area (Å²) in [5, 5.41) is 0. The first kappa shape index (κ1) is 7.21. The summed E-state index contributed by atoms with van der Waals surface area (Å²) in [5.41, 5.74) is 1.96. The summed E-state index contributed by atoms with van der Waals surface area (Å²) >= 11 is 0. The second-order valence-corrected chi connectivity index (χ2v) is 2.75. The zero-order chi connectivity index (χ0) is 8.72. The molecule has 12 heavy (non-hydrogen) atoms. The molecule has 2 rings (SSSR count). The van der Waals surface area contributed by atoms with Crippen molar-refractivity contribution in [2.24, 2.45) is 0 Å². The van der Waals surface area contributed by atoms with Crippen molar-refractivity contribution in [3.05, 3.63) is 22.8 Å². The number of carbonyl (C=O) groups excluding carboxylic acids is 1. The third-order valence-corrected chi connectivity index (χ3v) is 1.82. The Hall–Kier alpha value is -1.45. The van der Waals surface area contributed by atoms with Gasteiger partial charge in [-0.1, -0.05) is 0 Å². The predicted molar refractivity (Wildman–Crippen MR) is 40.6 cm³/mol. The Morgan fingerprint density at radius 1 is 1.33 bits per heavy atom. The second-order valence-electron chi connectivity index (χ2n) is 2.75. The lowest BCUT2D eigenvalue weighted by molar-refractivity contribution is 0.0532. The van der Waals surface area contributed by atoms with E-state index in [2.05, 4.69) is 9.97 Å². The van der Waals surface area contributed by atoms with E-state index < -0.39 is 0 Å². The largest absolute Gasteiger partial charge is 0.455 e. The molecule has 0 saturated carbocycles. The number of cyclic esters (lactones) is 1. The molecule has 4 heteroatoms. The van der Waals surface area contributed by atoms with Gasteiger partial charge in [0.1, 0.15) is 18.0 Å². The third kappa shape index (κ3) is 0.879. The minimum Gasteiger partial charge on any atom is -0.455 e. The summed E-state index contributed by atoms with van der Waals surface area (Å²) in [5.74, 6) is 0.382. The fourth-order valence-corrected chi connectivity index (χ4v) is 1.36. The number of hydrogen-bond acceptors (Lipinski definition) is 4. The van der Waals surface area contributed by atoms with Crippen molar-refractivity contribution in [2.45, 2.75) is 20.5 Å². The third-order valence-electron chi connectivity index (χ3n) is 1.82. The second kappa shape index (κ2) is 2.27. The molecule has 0 aromatic carbocycles. The lowest BCUT2D eigenvalue weighted by atomic mass is 10.2. The van der Waals surface area contributed by atoms with Crippen molar-refractivity contribution in [1.29, 1.82) is 0 Å². The smallest absolute Gasteiger partial charge is 0.342 e. The monoisotopic (exact) mass is 164 g/mol. The Morgan fingerprint density at radius 3 is 2.83 bits per heavy atom. The van der Waals surface area contributed by atoms with E-state index in [1.165, 1.54) is 0 Å². The molecular formula is C8H8N2O2. The van der Waals surface area contributed by atoms with Crippen LogP contribution >= 0.6 is 0 Å². The fraction of sp³-hybridized carbons (Fsp3) is 0.375. The summed E-state index contributed by atoms with van der Waals surface area (Å²) in [6.45, 7) is 3.88. The van der Waals surface area contributed by atoms with E-state index in [9.17, 15) is 4.79 Å². The SMILES string of the molecule is Cc1nc(C)c2c(n1)COC2=O. The van der Waals surface area contributed by atoms with Gasteiger partial charge in [0.15, 0.2) is 0 Å². The van der Waals surface area contributed by atoms with Crippen LogP contribution in [0.4, 0.5) is 0 Å². The lowest BCUT2D eigenvalue weighted by Gasteiger charge is -1.98. The quantitative estimate of drug-likeness (QED) is 0.531. The van der Waals surface area contributed by atoms with Crippen LogP contribution in [0.2, 0.25) is 0 Å². The molecular weight excluding hydrogens is 156 g/mol. The van der Waals surface area contributed by atoms with Crippen molar-refractivity contribution in [3.63, 3.8) is 0 Å². The van der Waals surface area contributed by atoms with Crippen molar-refractivity contribution >= 4 is 5.97 Å². The van der Waals surface area contributed by atoms with Gasteiger partial charge in [0, 0.05) is 0 Å². The van der Waals surface area contributed by atoms with E-state index in [-0.39, 0.29) is 5.97 Å². The Bertz CT molecular complexity index is 360. The number of rotatable bonds is 0. The predicted octanol–water partition coefficient (Wildman–Crippen LogP) is 0.764. The number of esters is 1. The minimum absolute atomic E-state index is 0.290. The summed E-state index contributed by atoms with van der Waals surface area (Å²) in [4.78, 5) is 19.3. The van der Waals surface area contributed by atoms with E-state index in [0.717, 1.165) is 0 Å². The van der Waals surface area contributed by atoms with Crippen LogP contribution in [-0.2, 0) is 11.3 Å². The topological polar surface area (TPSA) is 52.1 Å². The van der Waals surface area contributed by atoms with E-state index in [0.29, 0.717) is 29.4 Å². The molecule has 1 aromatic rings. The molecule has 1 aromatic heterocycles. The highest BCUT2D eigenvalue weighted by Crippen LogP contribution is 2.19. The Balaban J connectivity index is 2.68. The molecule has 0 bridgehead atoms. The lowest BCUT2D eigenvalue weighted by Crippen LogP contribution is -2.02. The van der Waals surface area contributed by atoms with Gasteiger partial charge in [-0.15, -0.1) is 0 Å². The first-order chi connectivity index (χ1) is 5.68. The van der Waals surface area contributed by atoms with Gasteiger partial charge in [-0.25, -0.2) is 14.8 Å². The highest BCUT2D eigenvalue weighted by molar-refractivity contribution is 5.93. The van der Waals surface area contributed by atoms with Gasteiger partial charge >= 0.3 is 5.97 Å². The number of hydrogen-bond donors (Lipinski definition) is 0. The van der Waals surface area contributed by atoms with E-state index in [1.807, 2.05) is 0 Å². The first-order valence-corrected chi connectivity index (χ1v) is 3.69. The molecule has 1 aliphatic heterocycles. The summed E-state index contributed by atoms with van der Waals surface area (Å²) in [6, 6.07) is 0. The fourth-order valence-electron chi connectivity index (χ4n) is 1.36. The Labute approximate surface area is 69.6 Å². The molecule has 62 valence electrons. The van der Waals surface area contributed by atoms with Crippen LogP contribution in [0.5, 0.6) is 0 Å². The molecule has 0 aliphatic carbocycles. The van der Waals surface area contributed by atoms with Crippen molar-refractivity contribution in [3.8, 4) is 0 Å². The molecule has 2 heterocycles. The first-order valence-electron chi connectivity index (χ1n) is 3.69. The number of ether oxygens (including phenoxy) is 1. The van der Waals surface area contributed by atoms with Crippen molar-refractivity contribution < 1.29 is 9.53 Å². The molecule has 1 aliphatic rings. The number of aromatic nitrogens is 2.